The molecule has 5 aliphatic rings. The van der Waals surface area contributed by atoms with Crippen molar-refractivity contribution in [2.45, 2.75) is 80.1 Å². The Kier molecular flexibility index (Phi) is 4.78. The van der Waals surface area contributed by atoms with Crippen molar-refractivity contribution in [1.29, 1.82) is 0 Å². The zero-order valence-electron chi connectivity index (χ0n) is 17.3. The summed E-state index contributed by atoms with van der Waals surface area (Å²) in [6.07, 6.45) is -5.78. The zero-order chi connectivity index (χ0) is 22.2. The van der Waals surface area contributed by atoms with Crippen LogP contribution in [0.4, 0.5) is 0 Å². The Morgan fingerprint density at radius 2 is 1.97 bits per heavy atom. The van der Waals surface area contributed by atoms with Crippen LogP contribution in [-0.4, -0.2) is 81.9 Å². The Labute approximate surface area is 184 Å². The molecular formula is C22H27NO9. The van der Waals surface area contributed by atoms with Crippen molar-refractivity contribution < 1.29 is 44.5 Å². The molecule has 0 radical (unpaired) electrons. The van der Waals surface area contributed by atoms with E-state index in [4.69, 9.17) is 19.2 Å². The predicted octanol–water partition coefficient (Wildman–Crippen LogP) is -0.778. The number of carbonyl (C=O) groups is 1. The van der Waals surface area contributed by atoms with E-state index in [1.807, 2.05) is 12.1 Å². The fraction of sp³-hybridized carbons (Fsp3) is 0.682. The molecule has 0 aromatic heterocycles. The Morgan fingerprint density at radius 3 is 2.78 bits per heavy atom. The van der Waals surface area contributed by atoms with Gasteiger partial charge in [0.05, 0.1) is 0 Å². The average Bonchev–Trinajstić information content (AvgIpc) is 3.11. The first-order valence-electron chi connectivity index (χ1n) is 11.2. The largest absolute Gasteiger partial charge is 0.486 e. The molecular weight excluding hydrogens is 422 g/mol. The molecule has 10 atom stereocenters. The van der Waals surface area contributed by atoms with Gasteiger partial charge in [0, 0.05) is 17.0 Å². The highest BCUT2D eigenvalue weighted by Crippen LogP contribution is 2.61. The summed E-state index contributed by atoms with van der Waals surface area (Å²) in [4.78, 5) is 22.4. The van der Waals surface area contributed by atoms with Crippen molar-refractivity contribution >= 4 is 5.97 Å². The number of piperidine rings is 1. The third-order valence-corrected chi connectivity index (χ3v) is 8.06. The van der Waals surface area contributed by atoms with Crippen molar-refractivity contribution in [1.82, 2.24) is 5.32 Å². The molecule has 1 saturated carbocycles. The number of rotatable bonds is 4. The lowest BCUT2D eigenvalue weighted by molar-refractivity contribution is -0.444. The van der Waals surface area contributed by atoms with Crippen LogP contribution in [0.3, 0.4) is 0 Å². The maximum Gasteiger partial charge on any atom is 0.335 e. The van der Waals surface area contributed by atoms with Gasteiger partial charge in [0.25, 0.3) is 0 Å². The summed E-state index contributed by atoms with van der Waals surface area (Å²) in [7, 11) is 0. The van der Waals surface area contributed by atoms with E-state index in [0.717, 1.165) is 31.6 Å². The van der Waals surface area contributed by atoms with Crippen LogP contribution in [0.5, 0.6) is 5.75 Å². The van der Waals surface area contributed by atoms with Gasteiger partial charge in [0.2, 0.25) is 6.29 Å². The first-order chi connectivity index (χ1) is 15.4. The standard InChI is InChI=1S/C22H27NO9/c24-15-16(25)18(20(27)28)30-21(17(15)26)32-31-13-5-4-10-11-8-9-2-1-3-12-14(9)22(10,6-7-23-11)19(13)29-12/h1-3,10-11,13,15-19,21,23-26H,4-8H2,(H,27,28)/t10-,11+,13?,15-,16-,17+,18-,19?,21?,22-/m0/s1. The summed E-state index contributed by atoms with van der Waals surface area (Å²) in [6, 6.07) is 6.55. The molecule has 174 valence electrons. The first-order valence-corrected chi connectivity index (χ1v) is 11.2. The monoisotopic (exact) mass is 449 g/mol. The van der Waals surface area contributed by atoms with Crippen molar-refractivity contribution in [3.63, 3.8) is 0 Å². The van der Waals surface area contributed by atoms with E-state index in [0.29, 0.717) is 18.4 Å². The van der Waals surface area contributed by atoms with E-state index < -0.39 is 42.8 Å². The summed E-state index contributed by atoms with van der Waals surface area (Å²) >= 11 is 0. The number of ether oxygens (including phenoxy) is 2. The number of benzene rings is 1. The van der Waals surface area contributed by atoms with Gasteiger partial charge >= 0.3 is 5.97 Å². The second-order valence-corrected chi connectivity index (χ2v) is 9.53. The van der Waals surface area contributed by atoms with Crippen LogP contribution < -0.4 is 10.1 Å². The molecule has 2 saturated heterocycles. The van der Waals surface area contributed by atoms with Crippen molar-refractivity contribution in [2.75, 3.05) is 6.54 Å². The highest BCUT2D eigenvalue weighted by atomic mass is 17.2. The Balaban J connectivity index is 1.25. The molecule has 10 heteroatoms. The van der Waals surface area contributed by atoms with Crippen LogP contribution in [0.15, 0.2) is 18.2 Å². The number of aliphatic carboxylic acids is 1. The third-order valence-electron chi connectivity index (χ3n) is 8.06. The Morgan fingerprint density at radius 1 is 1.12 bits per heavy atom. The molecule has 3 heterocycles. The molecule has 3 unspecified atom stereocenters. The lowest BCUT2D eigenvalue weighted by Crippen LogP contribution is -2.66. The number of carboxylic acid groups (broad SMARTS) is 1. The fourth-order valence-electron chi connectivity index (χ4n) is 6.74. The summed E-state index contributed by atoms with van der Waals surface area (Å²) in [6.45, 7) is 0.886. The van der Waals surface area contributed by atoms with Crippen LogP contribution in [0.1, 0.15) is 30.4 Å². The maximum absolute atomic E-state index is 11.3. The van der Waals surface area contributed by atoms with Crippen LogP contribution in [0.25, 0.3) is 0 Å². The van der Waals surface area contributed by atoms with Crippen LogP contribution in [0, 0.1) is 5.92 Å². The highest BCUT2D eigenvalue weighted by molar-refractivity contribution is 5.73. The second-order valence-electron chi connectivity index (χ2n) is 9.53. The second kappa shape index (κ2) is 7.36. The van der Waals surface area contributed by atoms with Gasteiger partial charge in [-0.25, -0.2) is 14.6 Å². The molecule has 6 rings (SSSR count). The number of hydrogen-bond acceptors (Lipinski definition) is 9. The molecule has 32 heavy (non-hydrogen) atoms. The summed E-state index contributed by atoms with van der Waals surface area (Å²) in [5, 5.41) is 43.0. The van der Waals surface area contributed by atoms with Gasteiger partial charge in [0.15, 0.2) is 6.10 Å². The minimum Gasteiger partial charge on any atom is -0.486 e. The molecule has 2 bridgehead atoms. The molecule has 10 nitrogen and oxygen atoms in total. The highest BCUT2D eigenvalue weighted by Gasteiger charge is 2.64. The topological polar surface area (TPSA) is 147 Å². The number of nitrogens with one attached hydrogen (secondary N) is 1. The number of carboxylic acids is 1. The molecule has 5 N–H and O–H groups in total. The fourth-order valence-corrected chi connectivity index (χ4v) is 6.74. The van der Waals surface area contributed by atoms with Crippen LogP contribution >= 0.6 is 0 Å². The molecule has 3 fully saturated rings. The van der Waals surface area contributed by atoms with E-state index in [9.17, 15) is 25.2 Å². The molecule has 1 aromatic carbocycles. The summed E-state index contributed by atoms with van der Waals surface area (Å²) in [5.41, 5.74) is 2.39. The minimum atomic E-state index is -1.78. The van der Waals surface area contributed by atoms with E-state index in [-0.39, 0.29) is 11.5 Å². The normalized spacial score (nSPS) is 46.3. The van der Waals surface area contributed by atoms with Crippen molar-refractivity contribution in [2.24, 2.45) is 5.92 Å². The van der Waals surface area contributed by atoms with Gasteiger partial charge in [-0.2, -0.15) is 0 Å². The van der Waals surface area contributed by atoms with E-state index in [1.165, 1.54) is 11.1 Å². The molecule has 1 spiro atoms. The number of hydrogen-bond donors (Lipinski definition) is 5. The zero-order valence-corrected chi connectivity index (χ0v) is 17.3. The van der Waals surface area contributed by atoms with E-state index >= 15 is 0 Å². The van der Waals surface area contributed by atoms with Gasteiger partial charge in [-0.15, -0.1) is 0 Å². The summed E-state index contributed by atoms with van der Waals surface area (Å²) < 4.78 is 11.6. The van der Waals surface area contributed by atoms with Gasteiger partial charge < -0.3 is 35.2 Å². The predicted molar refractivity (Wildman–Crippen MR) is 106 cm³/mol. The van der Waals surface area contributed by atoms with Crippen molar-refractivity contribution in [3.8, 4) is 5.75 Å². The van der Waals surface area contributed by atoms with E-state index in [1.54, 1.807) is 0 Å². The molecule has 3 aliphatic heterocycles. The first kappa shape index (κ1) is 20.8. The quantitative estimate of drug-likeness (QED) is 0.293. The van der Waals surface area contributed by atoms with Gasteiger partial charge in [-0.3, -0.25) is 0 Å². The van der Waals surface area contributed by atoms with Gasteiger partial charge in [0.1, 0.15) is 36.3 Å². The average molecular weight is 449 g/mol. The Bertz CT molecular complexity index is 927. The van der Waals surface area contributed by atoms with Gasteiger partial charge in [-0.05, 0) is 49.8 Å². The Hall–Kier alpha value is -1.79. The smallest absolute Gasteiger partial charge is 0.335 e. The third kappa shape index (κ3) is 2.75. The van der Waals surface area contributed by atoms with Crippen LogP contribution in [0.2, 0.25) is 0 Å². The SMILES string of the molecule is O=C(O)[C@H]1OC(OOC2CC[C@H]3[C@H]4Cc5cccc6c5[C@@]3(CCN4)C2O6)[C@H](O)[C@@H](O)[C@@H]1O. The molecule has 1 aromatic rings. The van der Waals surface area contributed by atoms with Crippen LogP contribution in [-0.2, 0) is 31.1 Å². The lowest BCUT2D eigenvalue weighted by Gasteiger charge is -2.56. The van der Waals surface area contributed by atoms with Crippen molar-refractivity contribution in [3.05, 3.63) is 29.3 Å². The van der Waals surface area contributed by atoms with E-state index in [2.05, 4.69) is 11.4 Å². The molecule has 2 aliphatic carbocycles. The number of aliphatic hydroxyl groups is 3. The maximum atomic E-state index is 11.3. The lowest BCUT2D eigenvalue weighted by atomic mass is 9.52. The number of aliphatic hydroxyl groups excluding tert-OH is 3. The van der Waals surface area contributed by atoms with Gasteiger partial charge in [-0.1, -0.05) is 12.1 Å². The summed E-state index contributed by atoms with van der Waals surface area (Å²) in [5.74, 6) is -0.171. The minimum absolute atomic E-state index is 0.183. The molecule has 0 amide bonds.